The number of aromatic nitrogens is 1. The number of nitrogens with two attached hydrogens (primary N) is 2. The van der Waals surface area contributed by atoms with Crippen molar-refractivity contribution in [3.05, 3.63) is 23.4 Å². The molecule has 0 bridgehead atoms. The van der Waals surface area contributed by atoms with Crippen molar-refractivity contribution >= 4 is 11.7 Å². The number of pyridine rings is 1. The maximum Gasteiger partial charge on any atom is 0.252 e. The van der Waals surface area contributed by atoms with Crippen LogP contribution in [0.4, 0.5) is 5.82 Å². The molecule has 0 saturated heterocycles. The maximum absolute atomic E-state index is 11.3. The van der Waals surface area contributed by atoms with E-state index in [4.69, 9.17) is 11.5 Å². The van der Waals surface area contributed by atoms with Crippen LogP contribution in [0.2, 0.25) is 0 Å². The van der Waals surface area contributed by atoms with Crippen LogP contribution < -0.4 is 16.8 Å². The van der Waals surface area contributed by atoms with Crippen molar-refractivity contribution in [2.24, 2.45) is 11.5 Å². The highest BCUT2D eigenvalue weighted by molar-refractivity contribution is 5.98. The summed E-state index contributed by atoms with van der Waals surface area (Å²) in [5, 5.41) is 3.07. The van der Waals surface area contributed by atoms with Crippen molar-refractivity contribution in [1.82, 2.24) is 4.98 Å². The highest BCUT2D eigenvalue weighted by Gasteiger charge is 2.11. The summed E-state index contributed by atoms with van der Waals surface area (Å²) in [5.74, 6) is 0.0713. The summed E-state index contributed by atoms with van der Waals surface area (Å²) in [6.07, 6.45) is 2.46. The van der Waals surface area contributed by atoms with Gasteiger partial charge in [0.25, 0.3) is 5.91 Å². The standard InChI is InChI=1S/C11H18N4O/c1-7-3-5-14-11(9(7)10(13)16)15-6-4-8(2)12/h3,5,8H,4,6,12H2,1-2H3,(H2,13,16)(H,14,15). The summed E-state index contributed by atoms with van der Waals surface area (Å²) in [5.41, 5.74) is 12.2. The Morgan fingerprint density at radius 3 is 2.88 bits per heavy atom. The number of hydrogen-bond acceptors (Lipinski definition) is 4. The molecule has 1 rings (SSSR count). The smallest absolute Gasteiger partial charge is 0.252 e. The van der Waals surface area contributed by atoms with Crippen LogP contribution in [0.3, 0.4) is 0 Å². The lowest BCUT2D eigenvalue weighted by Gasteiger charge is -2.11. The van der Waals surface area contributed by atoms with E-state index in [1.165, 1.54) is 0 Å². The molecule has 1 heterocycles. The number of primary amides is 1. The van der Waals surface area contributed by atoms with Gasteiger partial charge in [0, 0.05) is 18.8 Å². The minimum absolute atomic E-state index is 0.120. The first kappa shape index (κ1) is 12.4. The second-order valence-electron chi connectivity index (χ2n) is 3.91. The number of amides is 1. The molecule has 0 radical (unpaired) electrons. The van der Waals surface area contributed by atoms with Crippen molar-refractivity contribution < 1.29 is 4.79 Å². The fourth-order valence-corrected chi connectivity index (χ4v) is 1.42. The van der Waals surface area contributed by atoms with Crippen LogP contribution in [0.5, 0.6) is 0 Å². The molecule has 0 spiro atoms. The minimum Gasteiger partial charge on any atom is -0.369 e. The normalized spacial score (nSPS) is 12.2. The van der Waals surface area contributed by atoms with Gasteiger partial charge in [-0.15, -0.1) is 0 Å². The molecule has 1 aromatic rings. The van der Waals surface area contributed by atoms with Gasteiger partial charge in [-0.2, -0.15) is 0 Å². The third-order valence-electron chi connectivity index (χ3n) is 2.30. The fraction of sp³-hybridized carbons (Fsp3) is 0.455. The largest absolute Gasteiger partial charge is 0.369 e. The molecule has 5 N–H and O–H groups in total. The molecule has 1 amide bonds. The molecular formula is C11H18N4O. The van der Waals surface area contributed by atoms with Crippen LogP contribution in [-0.4, -0.2) is 23.5 Å². The molecule has 1 atom stereocenters. The Hall–Kier alpha value is -1.62. The van der Waals surface area contributed by atoms with Crippen molar-refractivity contribution in [3.63, 3.8) is 0 Å². The molecular weight excluding hydrogens is 204 g/mol. The van der Waals surface area contributed by atoms with Crippen LogP contribution >= 0.6 is 0 Å². The number of nitrogens with one attached hydrogen (secondary N) is 1. The van der Waals surface area contributed by atoms with E-state index < -0.39 is 5.91 Å². The van der Waals surface area contributed by atoms with Gasteiger partial charge in [0.1, 0.15) is 5.82 Å². The summed E-state index contributed by atoms with van der Waals surface area (Å²) in [6, 6.07) is 1.88. The Kier molecular flexibility index (Phi) is 4.25. The first-order valence-corrected chi connectivity index (χ1v) is 5.27. The molecule has 5 nitrogen and oxygen atoms in total. The second kappa shape index (κ2) is 5.46. The summed E-state index contributed by atoms with van der Waals surface area (Å²) < 4.78 is 0. The van der Waals surface area contributed by atoms with E-state index in [1.54, 1.807) is 12.3 Å². The molecule has 1 aromatic heterocycles. The Bertz CT molecular complexity index is 376. The first-order chi connectivity index (χ1) is 7.52. The Morgan fingerprint density at radius 1 is 1.62 bits per heavy atom. The van der Waals surface area contributed by atoms with Gasteiger partial charge < -0.3 is 16.8 Å². The molecule has 0 saturated carbocycles. The van der Waals surface area contributed by atoms with Gasteiger partial charge in [-0.3, -0.25) is 4.79 Å². The van der Waals surface area contributed by atoms with E-state index in [-0.39, 0.29) is 6.04 Å². The highest BCUT2D eigenvalue weighted by atomic mass is 16.1. The summed E-state index contributed by atoms with van der Waals surface area (Å²) in [4.78, 5) is 15.4. The average Bonchev–Trinajstić information content (AvgIpc) is 2.16. The number of carbonyl (C=O) groups is 1. The van der Waals surface area contributed by atoms with Crippen LogP contribution in [0.25, 0.3) is 0 Å². The lowest BCUT2D eigenvalue weighted by atomic mass is 10.1. The van der Waals surface area contributed by atoms with Crippen LogP contribution in [0.1, 0.15) is 29.3 Å². The van der Waals surface area contributed by atoms with E-state index in [2.05, 4.69) is 10.3 Å². The number of aryl methyl sites for hydroxylation is 1. The van der Waals surface area contributed by atoms with E-state index in [1.807, 2.05) is 13.8 Å². The number of carbonyl (C=O) groups excluding carboxylic acids is 1. The lowest BCUT2D eigenvalue weighted by Crippen LogP contribution is -2.21. The molecule has 0 aliphatic heterocycles. The molecule has 0 aromatic carbocycles. The van der Waals surface area contributed by atoms with Crippen molar-refractivity contribution in [3.8, 4) is 0 Å². The Balaban J connectivity index is 2.79. The highest BCUT2D eigenvalue weighted by Crippen LogP contribution is 2.15. The minimum atomic E-state index is -0.464. The van der Waals surface area contributed by atoms with Gasteiger partial charge >= 0.3 is 0 Å². The monoisotopic (exact) mass is 222 g/mol. The number of rotatable bonds is 5. The van der Waals surface area contributed by atoms with Gasteiger partial charge in [-0.1, -0.05) is 0 Å². The summed E-state index contributed by atoms with van der Waals surface area (Å²) in [7, 11) is 0. The van der Waals surface area contributed by atoms with Crippen LogP contribution in [-0.2, 0) is 0 Å². The van der Waals surface area contributed by atoms with Gasteiger partial charge in [-0.25, -0.2) is 4.98 Å². The van der Waals surface area contributed by atoms with Crippen LogP contribution in [0.15, 0.2) is 12.3 Å². The predicted molar refractivity (Wildman–Crippen MR) is 64.2 cm³/mol. The molecule has 0 aliphatic rings. The second-order valence-corrected chi connectivity index (χ2v) is 3.91. The molecule has 0 aliphatic carbocycles. The first-order valence-electron chi connectivity index (χ1n) is 5.27. The van der Waals surface area contributed by atoms with Gasteiger partial charge in [-0.05, 0) is 31.9 Å². The van der Waals surface area contributed by atoms with E-state index in [9.17, 15) is 4.79 Å². The van der Waals surface area contributed by atoms with Gasteiger partial charge in [0.15, 0.2) is 0 Å². The van der Waals surface area contributed by atoms with Crippen molar-refractivity contribution in [2.75, 3.05) is 11.9 Å². The number of anilines is 1. The lowest BCUT2D eigenvalue weighted by molar-refractivity contribution is 0.1000. The fourth-order valence-electron chi connectivity index (χ4n) is 1.42. The van der Waals surface area contributed by atoms with Crippen molar-refractivity contribution in [1.29, 1.82) is 0 Å². The maximum atomic E-state index is 11.3. The zero-order valence-electron chi connectivity index (χ0n) is 9.66. The molecule has 0 fully saturated rings. The third-order valence-corrected chi connectivity index (χ3v) is 2.30. The number of nitrogens with zero attached hydrogens (tertiary/aromatic N) is 1. The van der Waals surface area contributed by atoms with Crippen LogP contribution in [0, 0.1) is 6.92 Å². The predicted octanol–water partition coefficient (Wildman–Crippen LogP) is 0.638. The van der Waals surface area contributed by atoms with Gasteiger partial charge in [0.05, 0.1) is 5.56 Å². The van der Waals surface area contributed by atoms with Crippen molar-refractivity contribution in [2.45, 2.75) is 26.3 Å². The quantitative estimate of drug-likeness (QED) is 0.681. The number of hydrogen-bond donors (Lipinski definition) is 3. The molecule has 1 unspecified atom stereocenters. The van der Waals surface area contributed by atoms with E-state index in [0.29, 0.717) is 17.9 Å². The van der Waals surface area contributed by atoms with Gasteiger partial charge in [0.2, 0.25) is 0 Å². The SMILES string of the molecule is Cc1ccnc(NCCC(C)N)c1C(N)=O. The molecule has 5 heteroatoms. The summed E-state index contributed by atoms with van der Waals surface area (Å²) >= 11 is 0. The van der Waals surface area contributed by atoms with E-state index >= 15 is 0 Å². The third kappa shape index (κ3) is 3.20. The molecule has 16 heavy (non-hydrogen) atoms. The zero-order valence-corrected chi connectivity index (χ0v) is 9.66. The van der Waals surface area contributed by atoms with E-state index in [0.717, 1.165) is 12.0 Å². The Labute approximate surface area is 95.2 Å². The summed E-state index contributed by atoms with van der Waals surface area (Å²) in [6.45, 7) is 4.44. The Morgan fingerprint density at radius 2 is 2.31 bits per heavy atom. The zero-order chi connectivity index (χ0) is 12.1. The average molecular weight is 222 g/mol. The molecule has 88 valence electrons. The topological polar surface area (TPSA) is 94.0 Å².